The first-order chi connectivity index (χ1) is 8.47. The summed E-state index contributed by atoms with van der Waals surface area (Å²) in [6, 6.07) is 8.88. The van der Waals surface area contributed by atoms with Crippen molar-refractivity contribution in [2.75, 3.05) is 5.73 Å². The Morgan fingerprint density at radius 2 is 1.94 bits per heavy atom. The predicted molar refractivity (Wildman–Crippen MR) is 67.9 cm³/mol. The molecule has 0 amide bonds. The lowest BCUT2D eigenvalue weighted by Gasteiger charge is -2.08. The van der Waals surface area contributed by atoms with E-state index in [-0.39, 0.29) is 11.4 Å². The van der Waals surface area contributed by atoms with E-state index in [0.29, 0.717) is 16.8 Å². The summed E-state index contributed by atoms with van der Waals surface area (Å²) in [5.74, 6) is -1.42. The molecule has 0 heterocycles. The highest BCUT2D eigenvalue weighted by atomic mass is 19.1. The van der Waals surface area contributed by atoms with Gasteiger partial charge in [0.15, 0.2) is 0 Å². The van der Waals surface area contributed by atoms with Crippen molar-refractivity contribution in [2.45, 2.75) is 6.92 Å². The van der Waals surface area contributed by atoms with Crippen LogP contribution in [-0.4, -0.2) is 11.1 Å². The van der Waals surface area contributed by atoms with Crippen LogP contribution in [0.15, 0.2) is 36.4 Å². The summed E-state index contributed by atoms with van der Waals surface area (Å²) >= 11 is 0. The number of hydrogen-bond donors (Lipinski definition) is 2. The molecule has 92 valence electrons. The van der Waals surface area contributed by atoms with Gasteiger partial charge in [-0.2, -0.15) is 0 Å². The number of benzene rings is 2. The molecule has 0 spiro atoms. The number of aryl methyl sites for hydroxylation is 1. The van der Waals surface area contributed by atoms with E-state index in [0.717, 1.165) is 5.56 Å². The maximum atomic E-state index is 13.2. The number of aromatic carboxylic acids is 1. The van der Waals surface area contributed by atoms with Gasteiger partial charge >= 0.3 is 5.97 Å². The molecule has 0 aliphatic carbocycles. The number of carboxylic acid groups (broad SMARTS) is 1. The SMILES string of the molecule is Cc1ccc(F)cc1-c1cc(N)cc(C(=O)O)c1. The number of nitrogen functional groups attached to an aromatic ring is 1. The second-order valence-electron chi connectivity index (χ2n) is 4.11. The fraction of sp³-hybridized carbons (Fsp3) is 0.0714. The first kappa shape index (κ1) is 12.1. The number of nitrogens with two attached hydrogens (primary N) is 1. The average molecular weight is 245 g/mol. The van der Waals surface area contributed by atoms with Crippen molar-refractivity contribution < 1.29 is 14.3 Å². The molecule has 0 atom stereocenters. The van der Waals surface area contributed by atoms with Gasteiger partial charge in [0.25, 0.3) is 0 Å². The summed E-state index contributed by atoms with van der Waals surface area (Å²) in [5, 5.41) is 8.97. The normalized spacial score (nSPS) is 10.3. The van der Waals surface area contributed by atoms with E-state index in [9.17, 15) is 9.18 Å². The van der Waals surface area contributed by atoms with Gasteiger partial charge < -0.3 is 10.8 Å². The zero-order valence-corrected chi connectivity index (χ0v) is 9.77. The molecule has 2 rings (SSSR count). The average Bonchev–Trinajstić information content (AvgIpc) is 2.31. The number of halogens is 1. The van der Waals surface area contributed by atoms with Crippen LogP contribution < -0.4 is 5.73 Å². The molecular weight excluding hydrogens is 233 g/mol. The van der Waals surface area contributed by atoms with Crippen LogP contribution in [-0.2, 0) is 0 Å². The monoisotopic (exact) mass is 245 g/mol. The largest absolute Gasteiger partial charge is 0.478 e. The maximum Gasteiger partial charge on any atom is 0.335 e. The van der Waals surface area contributed by atoms with E-state index in [4.69, 9.17) is 10.8 Å². The van der Waals surface area contributed by atoms with Gasteiger partial charge in [-0.1, -0.05) is 6.07 Å². The second kappa shape index (κ2) is 4.49. The maximum absolute atomic E-state index is 13.2. The Balaban J connectivity index is 2.63. The van der Waals surface area contributed by atoms with E-state index in [2.05, 4.69) is 0 Å². The summed E-state index contributed by atoms with van der Waals surface area (Å²) in [4.78, 5) is 11.0. The van der Waals surface area contributed by atoms with Crippen molar-refractivity contribution in [3.8, 4) is 11.1 Å². The van der Waals surface area contributed by atoms with Crippen molar-refractivity contribution in [1.29, 1.82) is 0 Å². The minimum atomic E-state index is -1.06. The van der Waals surface area contributed by atoms with Crippen LogP contribution in [0.1, 0.15) is 15.9 Å². The molecule has 3 N–H and O–H groups in total. The van der Waals surface area contributed by atoms with Crippen LogP contribution in [0.2, 0.25) is 0 Å². The quantitative estimate of drug-likeness (QED) is 0.799. The number of carbonyl (C=O) groups is 1. The number of rotatable bonds is 2. The Morgan fingerprint density at radius 3 is 2.61 bits per heavy atom. The van der Waals surface area contributed by atoms with Gasteiger partial charge in [0.1, 0.15) is 5.82 Å². The fourth-order valence-electron chi connectivity index (χ4n) is 1.84. The molecule has 0 fully saturated rings. The summed E-state index contributed by atoms with van der Waals surface area (Å²) in [6.07, 6.45) is 0. The molecule has 0 aromatic heterocycles. The Labute approximate surface area is 104 Å². The highest BCUT2D eigenvalue weighted by molar-refractivity contribution is 5.91. The predicted octanol–water partition coefficient (Wildman–Crippen LogP) is 3.08. The molecule has 3 nitrogen and oxygen atoms in total. The molecule has 0 aliphatic heterocycles. The topological polar surface area (TPSA) is 63.3 Å². The first-order valence-electron chi connectivity index (χ1n) is 5.38. The van der Waals surface area contributed by atoms with Crippen LogP contribution in [0.25, 0.3) is 11.1 Å². The summed E-state index contributed by atoms with van der Waals surface area (Å²) in [5.41, 5.74) is 8.20. The minimum absolute atomic E-state index is 0.0914. The van der Waals surface area contributed by atoms with Crippen molar-refractivity contribution in [2.24, 2.45) is 0 Å². The van der Waals surface area contributed by atoms with Gasteiger partial charge in [-0.3, -0.25) is 0 Å². The second-order valence-corrected chi connectivity index (χ2v) is 4.11. The molecule has 0 radical (unpaired) electrons. The van der Waals surface area contributed by atoms with E-state index in [1.807, 2.05) is 6.92 Å². The van der Waals surface area contributed by atoms with E-state index in [1.54, 1.807) is 12.1 Å². The molecule has 0 saturated carbocycles. The smallest absolute Gasteiger partial charge is 0.335 e. The van der Waals surface area contributed by atoms with E-state index < -0.39 is 5.97 Å². The lowest BCUT2D eigenvalue weighted by Crippen LogP contribution is -1.99. The molecule has 2 aromatic rings. The van der Waals surface area contributed by atoms with Gasteiger partial charge in [-0.05, 0) is 53.9 Å². The molecule has 0 aliphatic rings. The van der Waals surface area contributed by atoms with Crippen LogP contribution in [0.3, 0.4) is 0 Å². The van der Waals surface area contributed by atoms with Crippen molar-refractivity contribution in [3.63, 3.8) is 0 Å². The summed E-state index contributed by atoms with van der Waals surface area (Å²) in [6.45, 7) is 1.83. The molecule has 0 bridgehead atoms. The van der Waals surface area contributed by atoms with Gasteiger partial charge in [0.05, 0.1) is 5.56 Å². The van der Waals surface area contributed by atoms with Crippen LogP contribution in [0, 0.1) is 12.7 Å². The van der Waals surface area contributed by atoms with Crippen molar-refractivity contribution >= 4 is 11.7 Å². The summed E-state index contributed by atoms with van der Waals surface area (Å²) < 4.78 is 13.2. The lowest BCUT2D eigenvalue weighted by molar-refractivity contribution is 0.0697. The highest BCUT2D eigenvalue weighted by Crippen LogP contribution is 2.27. The molecule has 0 saturated heterocycles. The van der Waals surface area contributed by atoms with Gasteiger partial charge in [0, 0.05) is 5.69 Å². The van der Waals surface area contributed by atoms with Gasteiger partial charge in [-0.25, -0.2) is 9.18 Å². The Morgan fingerprint density at radius 1 is 1.22 bits per heavy atom. The number of hydrogen-bond acceptors (Lipinski definition) is 2. The Hall–Kier alpha value is -2.36. The standard InChI is InChI=1S/C14H12FNO2/c1-8-2-3-11(15)7-13(8)9-4-10(14(17)18)6-12(16)5-9/h2-7H,16H2,1H3,(H,17,18). The summed E-state index contributed by atoms with van der Waals surface area (Å²) in [7, 11) is 0. The van der Waals surface area contributed by atoms with Crippen LogP contribution in [0.4, 0.5) is 10.1 Å². The molecule has 4 heteroatoms. The third-order valence-corrected chi connectivity index (χ3v) is 2.71. The molecular formula is C14H12FNO2. The molecule has 18 heavy (non-hydrogen) atoms. The highest BCUT2D eigenvalue weighted by Gasteiger charge is 2.09. The molecule has 2 aromatic carbocycles. The van der Waals surface area contributed by atoms with Crippen molar-refractivity contribution in [1.82, 2.24) is 0 Å². The van der Waals surface area contributed by atoms with Crippen LogP contribution >= 0.6 is 0 Å². The number of anilines is 1. The third-order valence-electron chi connectivity index (χ3n) is 2.71. The first-order valence-corrected chi connectivity index (χ1v) is 5.38. The minimum Gasteiger partial charge on any atom is -0.478 e. The Bertz CT molecular complexity index is 623. The molecule has 0 unspecified atom stereocenters. The lowest BCUT2D eigenvalue weighted by atomic mass is 9.98. The zero-order valence-electron chi connectivity index (χ0n) is 9.77. The third kappa shape index (κ3) is 2.32. The number of carboxylic acids is 1. The van der Waals surface area contributed by atoms with Crippen molar-refractivity contribution in [3.05, 3.63) is 53.3 Å². The Kier molecular flexibility index (Phi) is 3.02. The van der Waals surface area contributed by atoms with E-state index in [1.165, 1.54) is 24.3 Å². The fourth-order valence-corrected chi connectivity index (χ4v) is 1.84. The zero-order chi connectivity index (χ0) is 13.3. The van der Waals surface area contributed by atoms with Gasteiger partial charge in [0.2, 0.25) is 0 Å². The van der Waals surface area contributed by atoms with Gasteiger partial charge in [-0.15, -0.1) is 0 Å². The van der Waals surface area contributed by atoms with E-state index >= 15 is 0 Å². The van der Waals surface area contributed by atoms with Crippen LogP contribution in [0.5, 0.6) is 0 Å².